The minimum absolute atomic E-state index is 0.109. The van der Waals surface area contributed by atoms with Gasteiger partial charge < -0.3 is 15.2 Å². The van der Waals surface area contributed by atoms with Crippen molar-refractivity contribution in [2.45, 2.75) is 6.54 Å². The van der Waals surface area contributed by atoms with Gasteiger partial charge in [0.15, 0.2) is 0 Å². The first-order valence-corrected chi connectivity index (χ1v) is 11.0. The largest absolute Gasteiger partial charge is 0.491 e. The minimum Gasteiger partial charge on any atom is -0.491 e. The molecule has 0 aliphatic heterocycles. The Labute approximate surface area is 193 Å². The van der Waals surface area contributed by atoms with E-state index in [4.69, 9.17) is 9.84 Å². The maximum atomic E-state index is 14.8. The first-order chi connectivity index (χ1) is 16.1. The normalized spacial score (nSPS) is 10.8. The van der Waals surface area contributed by atoms with E-state index < -0.39 is 11.7 Å². The molecule has 3 aromatic carbocycles. The van der Waals surface area contributed by atoms with Crippen LogP contribution in [-0.4, -0.2) is 29.2 Å². The number of halogens is 2. The number of ether oxygens (including phenoxy) is 1. The number of nitrogens with one attached hydrogen (secondary N) is 1. The standard InChI is InChI=1S/C25H20F2N2O3S/c26-18-10-8-16(9-11-18)22-15-29-25(33-22)23-19(5-3-6-20(23)27)24(31)28-14-17-4-1-2-7-21(17)32-13-12-30/h1-11,15,30H,12-14H2,(H,28,31). The molecule has 1 heterocycles. The summed E-state index contributed by atoms with van der Waals surface area (Å²) < 4.78 is 33.5. The first kappa shape index (κ1) is 22.6. The molecule has 4 aromatic rings. The fraction of sp³-hybridized carbons (Fsp3) is 0.120. The van der Waals surface area contributed by atoms with E-state index >= 15 is 0 Å². The van der Waals surface area contributed by atoms with Gasteiger partial charge in [-0.1, -0.05) is 36.4 Å². The summed E-state index contributed by atoms with van der Waals surface area (Å²) in [6.45, 7) is 0.176. The Bertz CT molecular complexity index is 1260. The van der Waals surface area contributed by atoms with E-state index in [1.165, 1.54) is 35.6 Å². The van der Waals surface area contributed by atoms with Gasteiger partial charge in [0.25, 0.3) is 5.91 Å². The fourth-order valence-corrected chi connectivity index (χ4v) is 4.27. The maximum Gasteiger partial charge on any atom is 0.252 e. The first-order valence-electron chi connectivity index (χ1n) is 10.2. The summed E-state index contributed by atoms with van der Waals surface area (Å²) in [5, 5.41) is 12.1. The Kier molecular flexibility index (Phi) is 7.07. The van der Waals surface area contributed by atoms with E-state index in [2.05, 4.69) is 10.3 Å². The lowest BCUT2D eigenvalue weighted by molar-refractivity contribution is 0.0950. The zero-order chi connectivity index (χ0) is 23.2. The van der Waals surface area contributed by atoms with Crippen molar-refractivity contribution < 1.29 is 23.4 Å². The van der Waals surface area contributed by atoms with Gasteiger partial charge in [-0.25, -0.2) is 13.8 Å². The summed E-state index contributed by atoms with van der Waals surface area (Å²) in [7, 11) is 0. The predicted octanol–water partition coefficient (Wildman–Crippen LogP) is 5.06. The van der Waals surface area contributed by atoms with Gasteiger partial charge in [0.1, 0.15) is 29.0 Å². The highest BCUT2D eigenvalue weighted by atomic mass is 32.1. The van der Waals surface area contributed by atoms with Gasteiger partial charge in [0, 0.05) is 18.3 Å². The topological polar surface area (TPSA) is 71.5 Å². The lowest BCUT2D eigenvalue weighted by atomic mass is 10.1. The molecule has 8 heteroatoms. The van der Waals surface area contributed by atoms with Crippen LogP contribution in [0.15, 0.2) is 72.9 Å². The fourth-order valence-electron chi connectivity index (χ4n) is 3.29. The third-order valence-electron chi connectivity index (χ3n) is 4.87. The Balaban J connectivity index is 1.58. The molecular weight excluding hydrogens is 446 g/mol. The number of carbonyl (C=O) groups is 1. The molecule has 168 valence electrons. The smallest absolute Gasteiger partial charge is 0.252 e. The van der Waals surface area contributed by atoms with Crippen molar-refractivity contribution in [2.75, 3.05) is 13.2 Å². The van der Waals surface area contributed by atoms with E-state index in [9.17, 15) is 13.6 Å². The van der Waals surface area contributed by atoms with Crippen LogP contribution < -0.4 is 10.1 Å². The van der Waals surface area contributed by atoms with Gasteiger partial charge in [0.05, 0.1) is 22.6 Å². The number of benzene rings is 3. The van der Waals surface area contributed by atoms with Crippen molar-refractivity contribution in [3.8, 4) is 26.8 Å². The third-order valence-corrected chi connectivity index (χ3v) is 5.93. The highest BCUT2D eigenvalue weighted by Crippen LogP contribution is 2.35. The van der Waals surface area contributed by atoms with Crippen LogP contribution in [-0.2, 0) is 6.54 Å². The Morgan fingerprint density at radius 3 is 2.61 bits per heavy atom. The molecule has 0 fully saturated rings. The number of hydrogen-bond donors (Lipinski definition) is 2. The Hall–Kier alpha value is -3.62. The monoisotopic (exact) mass is 466 g/mol. The number of nitrogens with zero attached hydrogens (tertiary/aromatic N) is 1. The van der Waals surface area contributed by atoms with Crippen LogP contribution in [0.4, 0.5) is 8.78 Å². The van der Waals surface area contributed by atoms with Gasteiger partial charge >= 0.3 is 0 Å². The Morgan fingerprint density at radius 2 is 1.82 bits per heavy atom. The van der Waals surface area contributed by atoms with Crippen LogP contribution >= 0.6 is 11.3 Å². The molecule has 5 nitrogen and oxygen atoms in total. The second kappa shape index (κ2) is 10.3. The van der Waals surface area contributed by atoms with Crippen LogP contribution in [0.3, 0.4) is 0 Å². The lowest BCUT2D eigenvalue weighted by Gasteiger charge is -2.13. The number of rotatable bonds is 8. The highest BCUT2D eigenvalue weighted by Gasteiger charge is 2.20. The number of aliphatic hydroxyl groups is 1. The molecule has 33 heavy (non-hydrogen) atoms. The van der Waals surface area contributed by atoms with Crippen molar-refractivity contribution in [3.05, 3.63) is 95.7 Å². The molecule has 4 rings (SSSR count). The van der Waals surface area contributed by atoms with Crippen molar-refractivity contribution >= 4 is 17.2 Å². The van der Waals surface area contributed by atoms with Crippen LogP contribution in [0.5, 0.6) is 5.75 Å². The zero-order valence-corrected chi connectivity index (χ0v) is 18.2. The molecule has 0 aliphatic rings. The molecule has 0 radical (unpaired) electrons. The summed E-state index contributed by atoms with van der Waals surface area (Å²) >= 11 is 1.22. The number of aliphatic hydroxyl groups excluding tert-OH is 1. The van der Waals surface area contributed by atoms with Gasteiger partial charge in [0.2, 0.25) is 0 Å². The van der Waals surface area contributed by atoms with E-state index in [1.807, 2.05) is 6.07 Å². The number of carbonyl (C=O) groups excluding carboxylic acids is 1. The van der Waals surface area contributed by atoms with E-state index in [0.717, 1.165) is 16.0 Å². The molecule has 0 saturated heterocycles. The quantitative estimate of drug-likeness (QED) is 0.381. The number of thiazole rings is 1. The molecule has 0 saturated carbocycles. The molecule has 0 unspecified atom stereocenters. The van der Waals surface area contributed by atoms with E-state index in [-0.39, 0.29) is 36.7 Å². The van der Waals surface area contributed by atoms with Crippen LogP contribution in [0.2, 0.25) is 0 Å². The molecule has 0 spiro atoms. The summed E-state index contributed by atoms with van der Waals surface area (Å²) in [6.07, 6.45) is 1.58. The molecule has 0 bridgehead atoms. The van der Waals surface area contributed by atoms with Gasteiger partial charge in [-0.3, -0.25) is 4.79 Å². The minimum atomic E-state index is -0.561. The number of hydrogen-bond acceptors (Lipinski definition) is 5. The molecule has 1 amide bonds. The van der Waals surface area contributed by atoms with Crippen LogP contribution in [0.25, 0.3) is 21.0 Å². The molecular formula is C25H20F2N2O3S. The van der Waals surface area contributed by atoms with Crippen LogP contribution in [0, 0.1) is 11.6 Å². The zero-order valence-electron chi connectivity index (χ0n) is 17.4. The SMILES string of the molecule is O=C(NCc1ccccc1OCCO)c1cccc(F)c1-c1ncc(-c2ccc(F)cc2)s1. The summed E-state index contributed by atoms with van der Waals surface area (Å²) in [5.74, 6) is -0.815. The van der Waals surface area contributed by atoms with Crippen molar-refractivity contribution in [1.82, 2.24) is 10.3 Å². The second-order valence-electron chi connectivity index (χ2n) is 7.06. The summed E-state index contributed by atoms with van der Waals surface area (Å²) in [5.41, 5.74) is 1.74. The van der Waals surface area contributed by atoms with Crippen molar-refractivity contribution in [1.29, 1.82) is 0 Å². The van der Waals surface area contributed by atoms with Gasteiger partial charge in [-0.05, 0) is 35.9 Å². The lowest BCUT2D eigenvalue weighted by Crippen LogP contribution is -2.24. The van der Waals surface area contributed by atoms with E-state index in [1.54, 1.807) is 42.6 Å². The van der Waals surface area contributed by atoms with E-state index in [0.29, 0.717) is 10.8 Å². The van der Waals surface area contributed by atoms with Crippen molar-refractivity contribution in [3.63, 3.8) is 0 Å². The number of aromatic nitrogens is 1. The molecule has 0 aliphatic carbocycles. The summed E-state index contributed by atoms with van der Waals surface area (Å²) in [6, 6.07) is 17.4. The number of amides is 1. The summed E-state index contributed by atoms with van der Waals surface area (Å²) in [4.78, 5) is 18.0. The number of para-hydroxylation sites is 1. The third kappa shape index (κ3) is 5.24. The van der Waals surface area contributed by atoms with Gasteiger partial charge in [-0.15, -0.1) is 11.3 Å². The maximum absolute atomic E-state index is 14.8. The van der Waals surface area contributed by atoms with Crippen LogP contribution in [0.1, 0.15) is 15.9 Å². The van der Waals surface area contributed by atoms with Crippen molar-refractivity contribution in [2.24, 2.45) is 0 Å². The Morgan fingerprint density at radius 1 is 1.03 bits per heavy atom. The second-order valence-corrected chi connectivity index (χ2v) is 8.09. The highest BCUT2D eigenvalue weighted by molar-refractivity contribution is 7.18. The van der Waals surface area contributed by atoms with Gasteiger partial charge in [-0.2, -0.15) is 0 Å². The average Bonchev–Trinajstić information content (AvgIpc) is 3.31. The molecule has 2 N–H and O–H groups in total. The average molecular weight is 467 g/mol. The molecule has 0 atom stereocenters. The predicted molar refractivity (Wildman–Crippen MR) is 123 cm³/mol. The molecule has 1 aromatic heterocycles.